The van der Waals surface area contributed by atoms with Crippen LogP contribution in [-0.2, 0) is 6.42 Å². The van der Waals surface area contributed by atoms with Gasteiger partial charge in [-0.05, 0) is 23.8 Å². The van der Waals surface area contributed by atoms with Crippen molar-refractivity contribution >= 4 is 38.6 Å². The summed E-state index contributed by atoms with van der Waals surface area (Å²) < 4.78 is 4.40. The maximum absolute atomic E-state index is 12.6. The van der Waals surface area contributed by atoms with Gasteiger partial charge in [-0.3, -0.25) is 29.8 Å². The van der Waals surface area contributed by atoms with E-state index in [1.165, 1.54) is 13.2 Å². The minimum atomic E-state index is -0.788. The van der Waals surface area contributed by atoms with Gasteiger partial charge in [0.15, 0.2) is 5.78 Å². The molecular weight excluding hydrogens is 388 g/mol. The molecule has 1 heterocycles. The Hall–Kier alpha value is -3.66. The summed E-state index contributed by atoms with van der Waals surface area (Å²) in [6.45, 7) is 0. The van der Waals surface area contributed by atoms with Gasteiger partial charge >= 0.3 is 0 Å². The highest BCUT2D eigenvalue weighted by atomic mass is 32.1. The van der Waals surface area contributed by atoms with Crippen molar-refractivity contribution in [2.75, 3.05) is 7.11 Å². The number of hydrogen-bond acceptors (Lipinski definition) is 8. The van der Waals surface area contributed by atoms with Gasteiger partial charge < -0.3 is 4.74 Å². The molecule has 0 radical (unpaired) electrons. The largest absolute Gasteiger partial charge is 0.497 e. The molecule has 0 fully saturated rings. The van der Waals surface area contributed by atoms with Gasteiger partial charge in [-0.15, -0.1) is 0 Å². The van der Waals surface area contributed by atoms with Crippen molar-refractivity contribution in [2.45, 2.75) is 6.42 Å². The van der Waals surface area contributed by atoms with Crippen molar-refractivity contribution in [3.8, 4) is 5.75 Å². The summed E-state index contributed by atoms with van der Waals surface area (Å²) in [6, 6.07) is 9.81. The summed E-state index contributed by atoms with van der Waals surface area (Å²) >= 11 is 0.528. The first-order valence-corrected chi connectivity index (χ1v) is 8.68. The number of non-ortho nitro benzene ring substituents is 2. The molecule has 0 N–H and O–H groups in total. The lowest BCUT2D eigenvalue weighted by atomic mass is 10.0. The quantitative estimate of drug-likeness (QED) is 0.351. The van der Waals surface area contributed by atoms with Crippen LogP contribution >= 0.6 is 11.3 Å². The molecule has 0 atom stereocenters. The van der Waals surface area contributed by atoms with Crippen LogP contribution in [0.3, 0.4) is 0 Å². The fourth-order valence-electron chi connectivity index (χ4n) is 2.66. The van der Waals surface area contributed by atoms with Crippen LogP contribution in [-0.4, -0.2) is 22.7 Å². The summed E-state index contributed by atoms with van der Waals surface area (Å²) in [5.41, 5.74) is -0.539. The summed E-state index contributed by atoms with van der Waals surface area (Å²) in [5, 5.41) is 22.4. The highest BCUT2D eigenvalue weighted by molar-refractivity contribution is 7.17. The topological polar surface area (TPSA) is 130 Å². The van der Waals surface area contributed by atoms with Gasteiger partial charge in [0.25, 0.3) is 11.4 Å². The predicted octanol–water partition coefficient (Wildman–Crippen LogP) is 3.51. The Morgan fingerprint density at radius 1 is 1.07 bits per heavy atom. The average molecular weight is 400 g/mol. The van der Waals surface area contributed by atoms with Crippen LogP contribution in [0.4, 0.5) is 11.4 Å². The molecule has 0 aliphatic carbocycles. The number of carbonyl (C=O) groups excluding carboxylic acids is 1. The van der Waals surface area contributed by atoms with E-state index in [9.17, 15) is 29.8 Å². The molecule has 28 heavy (non-hydrogen) atoms. The Balaban J connectivity index is 2.06. The Morgan fingerprint density at radius 3 is 2.32 bits per heavy atom. The minimum absolute atomic E-state index is 0.0124. The van der Waals surface area contributed by atoms with Crippen LogP contribution in [0.5, 0.6) is 5.75 Å². The Morgan fingerprint density at radius 2 is 1.75 bits per heavy atom. The number of rotatable bonds is 6. The van der Waals surface area contributed by atoms with Crippen molar-refractivity contribution < 1.29 is 19.4 Å². The molecule has 0 saturated heterocycles. The van der Waals surface area contributed by atoms with Gasteiger partial charge in [-0.1, -0.05) is 23.5 Å². The molecule has 3 rings (SSSR count). The number of nitro groups is 2. The molecule has 0 spiro atoms. The zero-order chi connectivity index (χ0) is 20.4. The molecular formula is C18H12N2O7S. The molecule has 0 amide bonds. The highest BCUT2D eigenvalue weighted by Crippen LogP contribution is 2.33. The van der Waals surface area contributed by atoms with Crippen LogP contribution in [0.1, 0.15) is 15.9 Å². The summed E-state index contributed by atoms with van der Waals surface area (Å²) in [6.07, 6.45) is -0.0610. The first-order valence-electron chi connectivity index (χ1n) is 7.87. The maximum Gasteiger partial charge on any atom is 0.294 e. The van der Waals surface area contributed by atoms with Gasteiger partial charge in [0.05, 0.1) is 28.6 Å². The molecule has 1 aromatic heterocycles. The Labute approximate surface area is 161 Å². The van der Waals surface area contributed by atoms with Crippen LogP contribution in [0.15, 0.2) is 47.3 Å². The lowest BCUT2D eigenvalue weighted by Crippen LogP contribution is -2.14. The van der Waals surface area contributed by atoms with E-state index in [1.54, 1.807) is 24.3 Å². The van der Waals surface area contributed by atoms with Gasteiger partial charge in [0.1, 0.15) is 10.4 Å². The highest BCUT2D eigenvalue weighted by Gasteiger charge is 2.23. The van der Waals surface area contributed by atoms with Crippen molar-refractivity contribution in [3.05, 3.63) is 83.4 Å². The van der Waals surface area contributed by atoms with Crippen LogP contribution < -0.4 is 9.48 Å². The number of fused-ring (bicyclic) bond motifs is 1. The SMILES string of the molecule is COc1ccc(CC(=O)c2cc3cc([N+](=O)[O-])cc([N+](=O)[O-])c3sc2=O)cc1. The number of carbonyl (C=O) groups is 1. The van der Waals surface area contributed by atoms with Crippen LogP contribution in [0, 0.1) is 20.2 Å². The number of hydrogen-bond donors (Lipinski definition) is 0. The van der Waals surface area contributed by atoms with Crippen LogP contribution in [0.25, 0.3) is 10.1 Å². The number of nitro benzene ring substituents is 2. The van der Waals surface area contributed by atoms with Gasteiger partial charge in [0.2, 0.25) is 4.74 Å². The molecule has 0 bridgehead atoms. The molecule has 0 aliphatic rings. The summed E-state index contributed by atoms with van der Waals surface area (Å²) in [7, 11) is 1.51. The zero-order valence-electron chi connectivity index (χ0n) is 14.4. The van der Waals surface area contributed by atoms with E-state index in [0.717, 1.165) is 12.1 Å². The monoisotopic (exact) mass is 400 g/mol. The van der Waals surface area contributed by atoms with E-state index >= 15 is 0 Å². The van der Waals surface area contributed by atoms with E-state index in [0.29, 0.717) is 22.6 Å². The van der Waals surface area contributed by atoms with Gasteiger partial charge in [-0.25, -0.2) is 0 Å². The fourth-order valence-corrected chi connectivity index (χ4v) is 3.60. The number of ether oxygens (including phenoxy) is 1. The molecule has 10 heteroatoms. The molecule has 9 nitrogen and oxygen atoms in total. The smallest absolute Gasteiger partial charge is 0.294 e. The van der Waals surface area contributed by atoms with Gasteiger partial charge in [-0.2, -0.15) is 0 Å². The molecule has 2 aromatic carbocycles. The first kappa shape index (κ1) is 19.1. The van der Waals surface area contributed by atoms with E-state index in [1.807, 2.05) is 0 Å². The van der Waals surface area contributed by atoms with Crippen molar-refractivity contribution in [3.63, 3.8) is 0 Å². The van der Waals surface area contributed by atoms with Crippen molar-refractivity contribution in [1.29, 1.82) is 0 Å². The lowest BCUT2D eigenvalue weighted by molar-refractivity contribution is -0.392. The second-order valence-corrected chi connectivity index (χ2v) is 6.78. The molecule has 142 valence electrons. The number of Topliss-reactive ketones (excluding diaryl/α,β-unsaturated/α-hetero) is 1. The number of benzene rings is 2. The van der Waals surface area contributed by atoms with Gasteiger partial charge in [0, 0.05) is 17.9 Å². The third-order valence-electron chi connectivity index (χ3n) is 4.03. The molecule has 0 aliphatic heterocycles. The normalized spacial score (nSPS) is 10.6. The summed E-state index contributed by atoms with van der Waals surface area (Å²) in [4.78, 5) is 45.7. The van der Waals surface area contributed by atoms with E-state index in [4.69, 9.17) is 4.74 Å². The lowest BCUT2D eigenvalue weighted by Gasteiger charge is -2.05. The molecule has 0 unspecified atom stereocenters. The average Bonchev–Trinajstić information content (AvgIpc) is 2.66. The zero-order valence-corrected chi connectivity index (χ0v) is 15.2. The molecule has 0 saturated carbocycles. The third-order valence-corrected chi connectivity index (χ3v) is 5.08. The van der Waals surface area contributed by atoms with E-state index < -0.39 is 31.7 Å². The first-order chi connectivity index (χ1) is 13.3. The number of nitrogens with zero attached hydrogens (tertiary/aromatic N) is 2. The second kappa shape index (κ2) is 7.53. The molecule has 3 aromatic rings. The Bertz CT molecular complexity index is 1170. The van der Waals surface area contributed by atoms with Crippen LogP contribution in [0.2, 0.25) is 0 Å². The summed E-state index contributed by atoms with van der Waals surface area (Å²) in [5.74, 6) is 0.135. The number of methoxy groups -OCH3 is 1. The minimum Gasteiger partial charge on any atom is -0.497 e. The van der Waals surface area contributed by atoms with E-state index in [-0.39, 0.29) is 22.1 Å². The van der Waals surface area contributed by atoms with E-state index in [2.05, 4.69) is 0 Å². The second-order valence-electron chi connectivity index (χ2n) is 5.79. The third kappa shape index (κ3) is 3.71. The number of ketones is 1. The Kier molecular flexibility index (Phi) is 5.14. The van der Waals surface area contributed by atoms with Crippen molar-refractivity contribution in [1.82, 2.24) is 0 Å². The predicted molar refractivity (Wildman–Crippen MR) is 102 cm³/mol. The fraction of sp³-hybridized carbons (Fsp3) is 0.111. The van der Waals surface area contributed by atoms with Crippen molar-refractivity contribution in [2.24, 2.45) is 0 Å². The maximum atomic E-state index is 12.6. The standard InChI is InChI=1S/C18H12N2O7S/c1-27-13-4-2-10(3-5-13)6-16(21)14-8-11-7-12(19(23)24)9-15(20(25)26)17(11)28-18(14)22/h2-5,7-9H,6H2,1H3.